The summed E-state index contributed by atoms with van der Waals surface area (Å²) < 4.78 is 13.8. The second kappa shape index (κ2) is 5.63. The minimum atomic E-state index is 0.647. The van der Waals surface area contributed by atoms with Gasteiger partial charge in [-0.1, -0.05) is 29.6 Å². The van der Waals surface area contributed by atoms with Gasteiger partial charge in [0, 0.05) is 22.9 Å². The summed E-state index contributed by atoms with van der Waals surface area (Å²) in [6.07, 6.45) is 3.70. The van der Waals surface area contributed by atoms with Crippen LogP contribution in [0.2, 0.25) is 0 Å². The summed E-state index contributed by atoms with van der Waals surface area (Å²) in [6.45, 7) is 1.29. The van der Waals surface area contributed by atoms with Crippen molar-refractivity contribution >= 4 is 52.0 Å². The molecular weight excluding hydrogens is 330 g/mol. The molecule has 0 fully saturated rings. The molecule has 0 aliphatic carbocycles. The smallest absolute Gasteiger partial charge is 0.208 e. The van der Waals surface area contributed by atoms with Crippen LogP contribution in [0, 0.1) is 0 Å². The van der Waals surface area contributed by atoms with Crippen molar-refractivity contribution in [3.63, 3.8) is 0 Å². The van der Waals surface area contributed by atoms with E-state index in [9.17, 15) is 0 Å². The van der Waals surface area contributed by atoms with E-state index in [1.54, 1.807) is 53.2 Å². The molecule has 102 valence electrons. The summed E-state index contributed by atoms with van der Waals surface area (Å²) in [6, 6.07) is 4.05. The van der Waals surface area contributed by atoms with E-state index >= 15 is 0 Å². The SMILES string of the molecule is C1=C(c2cccnc2)SC(=C2SC3=C(OCCO3)S2)S1. The lowest BCUT2D eigenvalue weighted by molar-refractivity contribution is 0.0949. The molecule has 0 saturated carbocycles. The van der Waals surface area contributed by atoms with Crippen LogP contribution in [0.1, 0.15) is 5.56 Å². The highest BCUT2D eigenvalue weighted by Crippen LogP contribution is 2.60. The summed E-state index contributed by atoms with van der Waals surface area (Å²) >= 11 is 6.90. The maximum Gasteiger partial charge on any atom is 0.208 e. The summed E-state index contributed by atoms with van der Waals surface area (Å²) in [7, 11) is 0. The Morgan fingerprint density at radius 3 is 2.50 bits per heavy atom. The van der Waals surface area contributed by atoms with Gasteiger partial charge in [0.1, 0.15) is 13.2 Å². The molecule has 0 atom stereocenters. The lowest BCUT2D eigenvalue weighted by atomic mass is 10.3. The van der Waals surface area contributed by atoms with Crippen molar-refractivity contribution in [2.45, 2.75) is 0 Å². The summed E-state index contributed by atoms with van der Waals surface area (Å²) in [5, 5.41) is 4.02. The first-order valence-corrected chi connectivity index (χ1v) is 9.28. The number of rotatable bonds is 1. The Hall–Kier alpha value is -0.630. The van der Waals surface area contributed by atoms with Gasteiger partial charge < -0.3 is 9.47 Å². The summed E-state index contributed by atoms with van der Waals surface area (Å²) in [5.74, 6) is 0. The van der Waals surface area contributed by atoms with Crippen LogP contribution in [0.15, 0.2) is 48.6 Å². The molecule has 0 radical (unpaired) electrons. The fraction of sp³-hybridized carbons (Fsp3) is 0.154. The second-order valence-electron chi connectivity index (χ2n) is 3.99. The zero-order chi connectivity index (χ0) is 13.4. The third-order valence-electron chi connectivity index (χ3n) is 2.68. The average molecular weight is 339 g/mol. The van der Waals surface area contributed by atoms with Gasteiger partial charge in [0.05, 0.1) is 8.47 Å². The number of hydrogen-bond acceptors (Lipinski definition) is 7. The van der Waals surface area contributed by atoms with Crippen LogP contribution in [0.4, 0.5) is 0 Å². The highest BCUT2D eigenvalue weighted by molar-refractivity contribution is 8.35. The monoisotopic (exact) mass is 339 g/mol. The molecule has 0 saturated heterocycles. The third-order valence-corrected chi connectivity index (χ3v) is 8.00. The minimum absolute atomic E-state index is 0.647. The predicted molar refractivity (Wildman–Crippen MR) is 88.5 cm³/mol. The van der Waals surface area contributed by atoms with Crippen molar-refractivity contribution in [1.82, 2.24) is 4.98 Å². The van der Waals surface area contributed by atoms with Gasteiger partial charge in [0.25, 0.3) is 0 Å². The molecule has 0 aromatic carbocycles. The molecule has 20 heavy (non-hydrogen) atoms. The van der Waals surface area contributed by atoms with Crippen LogP contribution < -0.4 is 0 Å². The number of nitrogens with zero attached hydrogens (tertiary/aromatic N) is 1. The van der Waals surface area contributed by atoms with E-state index < -0.39 is 0 Å². The average Bonchev–Trinajstić information content (AvgIpc) is 3.14. The molecule has 1 aromatic heterocycles. The minimum Gasteiger partial charge on any atom is -0.480 e. The van der Waals surface area contributed by atoms with Crippen molar-refractivity contribution in [2.24, 2.45) is 0 Å². The Bertz CT molecular complexity index is 619. The van der Waals surface area contributed by atoms with E-state index in [2.05, 4.69) is 16.5 Å². The number of thioether (sulfide) groups is 4. The topological polar surface area (TPSA) is 31.4 Å². The second-order valence-corrected chi connectivity index (χ2v) is 8.41. The molecule has 0 bridgehead atoms. The molecule has 1 aromatic rings. The molecule has 0 unspecified atom stereocenters. The zero-order valence-electron chi connectivity index (χ0n) is 10.2. The maximum absolute atomic E-state index is 5.62. The molecule has 3 aliphatic rings. The van der Waals surface area contributed by atoms with E-state index in [1.165, 1.54) is 18.9 Å². The normalized spacial score (nSPS) is 21.5. The van der Waals surface area contributed by atoms with E-state index in [0.29, 0.717) is 13.2 Å². The van der Waals surface area contributed by atoms with Crippen LogP contribution in [0.5, 0.6) is 0 Å². The molecule has 3 nitrogen and oxygen atoms in total. The highest BCUT2D eigenvalue weighted by atomic mass is 32.2. The first-order chi connectivity index (χ1) is 9.90. The summed E-state index contributed by atoms with van der Waals surface area (Å²) in [5.41, 5.74) is 1.17. The van der Waals surface area contributed by atoms with Gasteiger partial charge in [-0.15, -0.1) is 0 Å². The molecule has 0 spiro atoms. The van der Waals surface area contributed by atoms with Gasteiger partial charge in [0.2, 0.25) is 10.2 Å². The van der Waals surface area contributed by atoms with Crippen LogP contribution in [0.25, 0.3) is 4.91 Å². The van der Waals surface area contributed by atoms with E-state index in [0.717, 1.165) is 10.2 Å². The summed E-state index contributed by atoms with van der Waals surface area (Å²) in [4.78, 5) is 5.42. The van der Waals surface area contributed by atoms with Crippen molar-refractivity contribution in [3.8, 4) is 0 Å². The van der Waals surface area contributed by atoms with Gasteiger partial charge in [0.15, 0.2) is 0 Å². The van der Waals surface area contributed by atoms with Crippen LogP contribution >= 0.6 is 47.0 Å². The molecule has 3 aliphatic heterocycles. The van der Waals surface area contributed by atoms with E-state index in [4.69, 9.17) is 9.47 Å². The Morgan fingerprint density at radius 1 is 1.00 bits per heavy atom. The molecule has 0 amide bonds. The van der Waals surface area contributed by atoms with Crippen LogP contribution in [0.3, 0.4) is 0 Å². The molecular formula is C13H9NO2S4. The molecule has 4 heterocycles. The van der Waals surface area contributed by atoms with Crippen molar-refractivity contribution in [2.75, 3.05) is 13.2 Å². The van der Waals surface area contributed by atoms with Gasteiger partial charge in [-0.3, -0.25) is 4.98 Å². The van der Waals surface area contributed by atoms with Crippen molar-refractivity contribution in [3.05, 3.63) is 54.2 Å². The number of ether oxygens (including phenoxy) is 2. The van der Waals surface area contributed by atoms with Crippen LogP contribution in [-0.2, 0) is 9.47 Å². The third kappa shape index (κ3) is 2.47. The Morgan fingerprint density at radius 2 is 1.80 bits per heavy atom. The predicted octanol–water partition coefficient (Wildman–Crippen LogP) is 4.64. The molecule has 7 heteroatoms. The van der Waals surface area contributed by atoms with Gasteiger partial charge in [-0.2, -0.15) is 0 Å². The Labute approximate surface area is 133 Å². The van der Waals surface area contributed by atoms with Gasteiger partial charge in [-0.05, 0) is 35.0 Å². The number of hydrogen-bond donors (Lipinski definition) is 0. The number of aromatic nitrogens is 1. The van der Waals surface area contributed by atoms with Gasteiger partial charge in [-0.25, -0.2) is 0 Å². The van der Waals surface area contributed by atoms with Crippen molar-refractivity contribution < 1.29 is 9.47 Å². The lowest BCUT2D eigenvalue weighted by Gasteiger charge is -2.13. The lowest BCUT2D eigenvalue weighted by Crippen LogP contribution is -2.08. The Balaban J connectivity index is 1.52. The largest absolute Gasteiger partial charge is 0.480 e. The standard InChI is InChI=1S/C13H9NO2S4/c1-2-8(6-14-3-1)9-7-17-12(18-9)13-19-10-11(20-13)16-5-4-15-10/h1-3,6-7H,4-5H2. The quantitative estimate of drug-likeness (QED) is 0.736. The first-order valence-electron chi connectivity index (χ1n) is 5.95. The zero-order valence-corrected chi connectivity index (χ0v) is 13.5. The van der Waals surface area contributed by atoms with E-state index in [1.807, 2.05) is 12.3 Å². The highest BCUT2D eigenvalue weighted by Gasteiger charge is 2.31. The molecule has 4 rings (SSSR count). The number of pyridine rings is 1. The van der Waals surface area contributed by atoms with Gasteiger partial charge >= 0.3 is 0 Å². The van der Waals surface area contributed by atoms with Crippen molar-refractivity contribution in [1.29, 1.82) is 0 Å². The fourth-order valence-corrected chi connectivity index (χ4v) is 6.67. The molecule has 0 N–H and O–H groups in total. The Kier molecular flexibility index (Phi) is 3.68. The maximum atomic E-state index is 5.62. The van der Waals surface area contributed by atoms with E-state index in [-0.39, 0.29) is 0 Å². The van der Waals surface area contributed by atoms with Crippen LogP contribution in [-0.4, -0.2) is 18.2 Å². The fourth-order valence-electron chi connectivity index (χ4n) is 1.78. The first kappa shape index (κ1) is 13.1.